The van der Waals surface area contributed by atoms with Crippen LogP contribution in [0.4, 0.5) is 4.79 Å². The molecule has 0 radical (unpaired) electrons. The third-order valence-corrected chi connectivity index (χ3v) is 5.56. The molecule has 6 heteroatoms. The van der Waals surface area contributed by atoms with Crippen LogP contribution in [0.5, 0.6) is 0 Å². The Morgan fingerprint density at radius 3 is 3.23 bits per heavy atom. The third-order valence-electron chi connectivity index (χ3n) is 4.54. The maximum absolute atomic E-state index is 12.2. The molecule has 5 nitrogen and oxygen atoms in total. The van der Waals surface area contributed by atoms with Crippen LogP contribution in [0.1, 0.15) is 24.3 Å². The quantitative estimate of drug-likeness (QED) is 0.924. The van der Waals surface area contributed by atoms with Gasteiger partial charge in [-0.15, -0.1) is 11.3 Å². The summed E-state index contributed by atoms with van der Waals surface area (Å²) in [5.74, 6) is 0. The van der Waals surface area contributed by atoms with E-state index in [2.05, 4.69) is 28.6 Å². The normalized spacial score (nSPS) is 23.9. The zero-order valence-corrected chi connectivity index (χ0v) is 14.2. The first kappa shape index (κ1) is 15.8. The predicted octanol–water partition coefficient (Wildman–Crippen LogP) is 1.92. The van der Waals surface area contributed by atoms with Gasteiger partial charge in [-0.3, -0.25) is 4.90 Å². The first-order chi connectivity index (χ1) is 10.6. The number of hydrogen-bond acceptors (Lipinski definition) is 4. The highest BCUT2D eigenvalue weighted by Crippen LogP contribution is 2.24. The Balaban J connectivity index is 1.46. The number of morpholine rings is 1. The molecule has 0 aromatic carbocycles. The molecule has 0 spiro atoms. The maximum atomic E-state index is 12.2. The van der Waals surface area contributed by atoms with Gasteiger partial charge in [0, 0.05) is 43.6 Å². The Kier molecular flexibility index (Phi) is 5.00. The summed E-state index contributed by atoms with van der Waals surface area (Å²) >= 11 is 1.86. The fraction of sp³-hybridized carbons (Fsp3) is 0.688. The van der Waals surface area contributed by atoms with E-state index in [4.69, 9.17) is 4.74 Å². The van der Waals surface area contributed by atoms with Crippen molar-refractivity contribution in [1.29, 1.82) is 0 Å². The lowest BCUT2D eigenvalue weighted by molar-refractivity contribution is -0.00369. The molecule has 122 valence electrons. The number of nitrogens with zero attached hydrogens (tertiary/aromatic N) is 2. The van der Waals surface area contributed by atoms with E-state index in [-0.39, 0.29) is 12.1 Å². The Labute approximate surface area is 136 Å². The largest absolute Gasteiger partial charge is 0.375 e. The van der Waals surface area contributed by atoms with Crippen molar-refractivity contribution in [3.8, 4) is 0 Å². The van der Waals surface area contributed by atoms with E-state index in [0.717, 1.165) is 19.5 Å². The Bertz CT molecular complexity index is 519. The van der Waals surface area contributed by atoms with Gasteiger partial charge in [-0.1, -0.05) is 0 Å². The second-order valence-electron chi connectivity index (χ2n) is 6.25. The van der Waals surface area contributed by atoms with E-state index in [9.17, 15) is 4.79 Å². The molecule has 2 amide bonds. The SMILES string of the molecule is CC1CN(C(=O)NCC(C)N2CCc3sccc3C2)CCO1. The summed E-state index contributed by atoms with van der Waals surface area (Å²) in [4.78, 5) is 18.1. The van der Waals surface area contributed by atoms with Gasteiger partial charge in [0.05, 0.1) is 12.7 Å². The number of hydrogen-bond donors (Lipinski definition) is 1. The third kappa shape index (κ3) is 3.62. The van der Waals surface area contributed by atoms with E-state index in [0.29, 0.717) is 32.3 Å². The fourth-order valence-corrected chi connectivity index (χ4v) is 4.02. The monoisotopic (exact) mass is 323 g/mol. The second kappa shape index (κ2) is 6.98. The molecule has 1 saturated heterocycles. The standard InChI is InChI=1S/C16H25N3O2S/c1-12(18-5-3-15-14(11-18)4-8-22-15)9-17-16(20)19-6-7-21-13(2)10-19/h4,8,12-13H,3,5-7,9-11H2,1-2H3,(H,17,20). The highest BCUT2D eigenvalue weighted by Gasteiger charge is 2.24. The number of urea groups is 1. The number of rotatable bonds is 3. The molecule has 3 heterocycles. The van der Waals surface area contributed by atoms with Gasteiger partial charge in [0.1, 0.15) is 0 Å². The van der Waals surface area contributed by atoms with Gasteiger partial charge < -0.3 is 15.0 Å². The zero-order chi connectivity index (χ0) is 15.5. The molecule has 2 atom stereocenters. The van der Waals surface area contributed by atoms with Gasteiger partial charge >= 0.3 is 6.03 Å². The lowest BCUT2D eigenvalue weighted by atomic mass is 10.1. The van der Waals surface area contributed by atoms with Crippen molar-refractivity contribution in [2.45, 2.75) is 39.0 Å². The molecule has 22 heavy (non-hydrogen) atoms. The summed E-state index contributed by atoms with van der Waals surface area (Å²) in [7, 11) is 0. The average molecular weight is 323 g/mol. The highest BCUT2D eigenvalue weighted by molar-refractivity contribution is 7.10. The molecule has 3 rings (SSSR count). The number of nitrogens with one attached hydrogen (secondary N) is 1. The lowest BCUT2D eigenvalue weighted by Gasteiger charge is -2.34. The average Bonchev–Trinajstić information content (AvgIpc) is 2.99. The number of carbonyl (C=O) groups excluding carboxylic acids is 1. The Morgan fingerprint density at radius 2 is 2.41 bits per heavy atom. The van der Waals surface area contributed by atoms with Crippen molar-refractivity contribution < 1.29 is 9.53 Å². The molecular weight excluding hydrogens is 298 g/mol. The van der Waals surface area contributed by atoms with Crippen LogP contribution in [-0.2, 0) is 17.7 Å². The Morgan fingerprint density at radius 1 is 1.55 bits per heavy atom. The molecule has 2 aliphatic heterocycles. The fourth-order valence-electron chi connectivity index (χ4n) is 3.13. The number of amides is 2. The van der Waals surface area contributed by atoms with Crippen molar-refractivity contribution in [2.24, 2.45) is 0 Å². The minimum atomic E-state index is 0.0373. The summed E-state index contributed by atoms with van der Waals surface area (Å²) in [5, 5.41) is 5.26. The smallest absolute Gasteiger partial charge is 0.317 e. The predicted molar refractivity (Wildman–Crippen MR) is 88.3 cm³/mol. The summed E-state index contributed by atoms with van der Waals surface area (Å²) in [6.07, 6.45) is 1.27. The van der Waals surface area contributed by atoms with Crippen LogP contribution in [0.3, 0.4) is 0 Å². The van der Waals surface area contributed by atoms with Gasteiger partial charge in [-0.2, -0.15) is 0 Å². The van der Waals surface area contributed by atoms with Crippen molar-refractivity contribution in [3.05, 3.63) is 21.9 Å². The molecular formula is C16H25N3O2S. The van der Waals surface area contributed by atoms with E-state index in [1.54, 1.807) is 0 Å². The number of ether oxygens (including phenoxy) is 1. The van der Waals surface area contributed by atoms with Crippen LogP contribution >= 0.6 is 11.3 Å². The lowest BCUT2D eigenvalue weighted by Crippen LogP contribution is -2.51. The molecule has 2 aliphatic rings. The minimum absolute atomic E-state index is 0.0373. The maximum Gasteiger partial charge on any atom is 0.317 e. The number of thiophene rings is 1. The minimum Gasteiger partial charge on any atom is -0.375 e. The first-order valence-electron chi connectivity index (χ1n) is 8.07. The summed E-state index contributed by atoms with van der Waals surface area (Å²) < 4.78 is 5.48. The molecule has 1 fully saturated rings. The van der Waals surface area contributed by atoms with Crippen molar-refractivity contribution >= 4 is 17.4 Å². The molecule has 1 N–H and O–H groups in total. The van der Waals surface area contributed by atoms with Crippen molar-refractivity contribution in [3.63, 3.8) is 0 Å². The molecule has 1 aromatic rings. The molecule has 1 aromatic heterocycles. The van der Waals surface area contributed by atoms with Crippen LogP contribution in [0.2, 0.25) is 0 Å². The summed E-state index contributed by atoms with van der Waals surface area (Å²) in [5.41, 5.74) is 1.46. The van der Waals surface area contributed by atoms with Gasteiger partial charge in [0.2, 0.25) is 0 Å². The van der Waals surface area contributed by atoms with Crippen LogP contribution in [-0.4, -0.2) is 60.8 Å². The topological polar surface area (TPSA) is 44.8 Å². The summed E-state index contributed by atoms with van der Waals surface area (Å²) in [6.45, 7) is 8.99. The first-order valence-corrected chi connectivity index (χ1v) is 8.95. The molecule has 0 aliphatic carbocycles. The highest BCUT2D eigenvalue weighted by atomic mass is 32.1. The van der Waals surface area contributed by atoms with E-state index < -0.39 is 0 Å². The van der Waals surface area contributed by atoms with E-state index in [1.165, 1.54) is 10.4 Å². The van der Waals surface area contributed by atoms with Gasteiger partial charge in [-0.05, 0) is 37.3 Å². The zero-order valence-electron chi connectivity index (χ0n) is 13.4. The van der Waals surface area contributed by atoms with Crippen LogP contribution in [0.25, 0.3) is 0 Å². The Hall–Kier alpha value is -1.11. The van der Waals surface area contributed by atoms with E-state index in [1.807, 2.05) is 23.2 Å². The van der Waals surface area contributed by atoms with Crippen LogP contribution < -0.4 is 5.32 Å². The number of fused-ring (bicyclic) bond motifs is 1. The molecule has 2 unspecified atom stereocenters. The van der Waals surface area contributed by atoms with Gasteiger partial charge in [0.25, 0.3) is 0 Å². The molecule has 0 saturated carbocycles. The van der Waals surface area contributed by atoms with Gasteiger partial charge in [0.15, 0.2) is 0 Å². The van der Waals surface area contributed by atoms with Crippen molar-refractivity contribution in [1.82, 2.24) is 15.1 Å². The van der Waals surface area contributed by atoms with Gasteiger partial charge in [-0.25, -0.2) is 4.79 Å². The van der Waals surface area contributed by atoms with E-state index >= 15 is 0 Å². The van der Waals surface area contributed by atoms with Crippen molar-refractivity contribution in [2.75, 3.05) is 32.8 Å². The molecule has 0 bridgehead atoms. The summed E-state index contributed by atoms with van der Waals surface area (Å²) in [6, 6.07) is 2.62. The van der Waals surface area contributed by atoms with Crippen LogP contribution in [0.15, 0.2) is 11.4 Å². The van der Waals surface area contributed by atoms with Crippen LogP contribution in [0, 0.1) is 0 Å². The second-order valence-corrected chi connectivity index (χ2v) is 7.25. The number of carbonyl (C=O) groups is 1.